The van der Waals surface area contributed by atoms with Crippen LogP contribution in [-0.2, 0) is 11.3 Å². The van der Waals surface area contributed by atoms with Crippen LogP contribution < -0.4 is 0 Å². The topological polar surface area (TPSA) is 56.2 Å². The summed E-state index contributed by atoms with van der Waals surface area (Å²) < 4.78 is 18.4. The zero-order valence-electron chi connectivity index (χ0n) is 14.1. The van der Waals surface area contributed by atoms with Crippen LogP contribution in [0, 0.1) is 5.82 Å². The predicted molar refractivity (Wildman–Crippen MR) is 89.1 cm³/mol. The highest BCUT2D eigenvalue weighted by Gasteiger charge is 2.37. The normalized spacial score (nSPS) is 30.0. The van der Waals surface area contributed by atoms with E-state index in [-0.39, 0.29) is 18.5 Å². The maximum absolute atomic E-state index is 13.0. The van der Waals surface area contributed by atoms with Gasteiger partial charge in [-0.3, -0.25) is 9.80 Å². The summed E-state index contributed by atoms with van der Waals surface area (Å²) in [6.45, 7) is 3.45. The molecular weight excluding hydrogens is 311 g/mol. The molecule has 24 heavy (non-hydrogen) atoms. The number of hydrogen-bond donors (Lipinski definition) is 2. The number of rotatable bonds is 4. The van der Waals surface area contributed by atoms with Gasteiger partial charge in [0.2, 0.25) is 0 Å². The molecular formula is C18H27FN2O3. The van der Waals surface area contributed by atoms with Crippen molar-refractivity contribution in [3.63, 3.8) is 0 Å². The van der Waals surface area contributed by atoms with Crippen LogP contribution in [0.25, 0.3) is 0 Å². The molecule has 6 heteroatoms. The summed E-state index contributed by atoms with van der Waals surface area (Å²) >= 11 is 0. The van der Waals surface area contributed by atoms with Crippen molar-refractivity contribution >= 4 is 0 Å². The third-order valence-corrected chi connectivity index (χ3v) is 5.34. The number of nitrogens with zero attached hydrogens (tertiary/aromatic N) is 2. The Bertz CT molecular complexity index is 520. The number of likely N-dealkylation sites (N-methyl/N-ethyl adjacent to an activating group) is 1. The van der Waals surface area contributed by atoms with Crippen LogP contribution in [0.15, 0.2) is 24.3 Å². The Hall–Kier alpha value is -1.05. The van der Waals surface area contributed by atoms with Crippen LogP contribution in [0.3, 0.4) is 0 Å². The number of ether oxygens (including phenoxy) is 1. The molecule has 3 rings (SSSR count). The SMILES string of the molecule is CN(C1CCN(Cc2ccc(F)cc2)CC1)[C@@H]1COC[C@@H](O)[C@H]1O. The molecule has 0 radical (unpaired) electrons. The van der Waals surface area contributed by atoms with Gasteiger partial charge < -0.3 is 14.9 Å². The van der Waals surface area contributed by atoms with E-state index < -0.39 is 12.2 Å². The highest BCUT2D eigenvalue weighted by molar-refractivity contribution is 5.16. The second-order valence-electron chi connectivity index (χ2n) is 6.96. The van der Waals surface area contributed by atoms with Gasteiger partial charge in [-0.15, -0.1) is 0 Å². The van der Waals surface area contributed by atoms with E-state index >= 15 is 0 Å². The van der Waals surface area contributed by atoms with Crippen molar-refractivity contribution in [1.82, 2.24) is 9.80 Å². The first-order valence-corrected chi connectivity index (χ1v) is 8.67. The highest BCUT2D eigenvalue weighted by Crippen LogP contribution is 2.23. The first-order chi connectivity index (χ1) is 11.5. The molecule has 2 N–H and O–H groups in total. The van der Waals surface area contributed by atoms with Gasteiger partial charge in [0.15, 0.2) is 0 Å². The standard InChI is InChI=1S/C18H27FN2O3/c1-20(16-11-24-12-17(22)18(16)23)15-6-8-21(9-7-15)10-13-2-4-14(19)5-3-13/h2-5,15-18,22-23H,6-12H2,1H3/t16-,17-,18+/m1/s1. The molecule has 0 unspecified atom stereocenters. The number of piperidine rings is 1. The molecule has 5 nitrogen and oxygen atoms in total. The molecule has 2 fully saturated rings. The van der Waals surface area contributed by atoms with Crippen LogP contribution in [0.2, 0.25) is 0 Å². The fourth-order valence-electron chi connectivity index (χ4n) is 3.73. The fourth-order valence-corrected chi connectivity index (χ4v) is 3.73. The maximum Gasteiger partial charge on any atom is 0.123 e. The van der Waals surface area contributed by atoms with Crippen LogP contribution in [0.4, 0.5) is 4.39 Å². The Morgan fingerprint density at radius 2 is 1.83 bits per heavy atom. The fraction of sp³-hybridized carbons (Fsp3) is 0.667. The van der Waals surface area contributed by atoms with Crippen molar-refractivity contribution in [1.29, 1.82) is 0 Å². The van der Waals surface area contributed by atoms with Gasteiger partial charge in [0.05, 0.1) is 25.4 Å². The lowest BCUT2D eigenvalue weighted by Gasteiger charge is -2.44. The monoisotopic (exact) mass is 338 g/mol. The Balaban J connectivity index is 1.50. The molecule has 2 aliphatic heterocycles. The third kappa shape index (κ3) is 4.13. The van der Waals surface area contributed by atoms with E-state index in [0.717, 1.165) is 38.0 Å². The summed E-state index contributed by atoms with van der Waals surface area (Å²) in [7, 11) is 2.01. The second kappa shape index (κ2) is 7.89. The molecule has 0 amide bonds. The predicted octanol–water partition coefficient (Wildman–Crippen LogP) is 0.843. The van der Waals surface area contributed by atoms with Gasteiger partial charge in [-0.25, -0.2) is 4.39 Å². The third-order valence-electron chi connectivity index (χ3n) is 5.34. The Morgan fingerprint density at radius 3 is 2.50 bits per heavy atom. The zero-order valence-corrected chi connectivity index (χ0v) is 14.1. The molecule has 1 aromatic carbocycles. The molecule has 3 atom stereocenters. The minimum Gasteiger partial charge on any atom is -0.389 e. The summed E-state index contributed by atoms with van der Waals surface area (Å²) in [5.74, 6) is -0.200. The summed E-state index contributed by atoms with van der Waals surface area (Å²) in [4.78, 5) is 4.54. The van der Waals surface area contributed by atoms with E-state index in [2.05, 4.69) is 9.80 Å². The molecule has 134 valence electrons. The minimum atomic E-state index is -0.801. The average Bonchev–Trinajstić information content (AvgIpc) is 2.59. The van der Waals surface area contributed by atoms with Crippen molar-refractivity contribution in [3.05, 3.63) is 35.6 Å². The van der Waals surface area contributed by atoms with Gasteiger partial charge in [-0.2, -0.15) is 0 Å². The van der Waals surface area contributed by atoms with E-state index in [4.69, 9.17) is 4.74 Å². The van der Waals surface area contributed by atoms with Crippen molar-refractivity contribution in [2.75, 3.05) is 33.4 Å². The first-order valence-electron chi connectivity index (χ1n) is 8.67. The molecule has 1 aromatic rings. The quantitative estimate of drug-likeness (QED) is 0.852. The minimum absolute atomic E-state index is 0.151. The van der Waals surface area contributed by atoms with Crippen LogP contribution >= 0.6 is 0 Å². The van der Waals surface area contributed by atoms with Crippen molar-refractivity contribution in [2.45, 2.75) is 43.7 Å². The largest absolute Gasteiger partial charge is 0.389 e. The van der Waals surface area contributed by atoms with Gasteiger partial charge in [0, 0.05) is 12.6 Å². The summed E-state index contributed by atoms with van der Waals surface area (Å²) in [5, 5.41) is 20.0. The van der Waals surface area contributed by atoms with Crippen molar-refractivity contribution in [2.24, 2.45) is 0 Å². The Kier molecular flexibility index (Phi) is 5.84. The van der Waals surface area contributed by atoms with Crippen LogP contribution in [-0.4, -0.2) is 77.7 Å². The number of benzene rings is 1. The van der Waals surface area contributed by atoms with Gasteiger partial charge in [0.1, 0.15) is 11.9 Å². The smallest absolute Gasteiger partial charge is 0.123 e. The second-order valence-corrected chi connectivity index (χ2v) is 6.96. The molecule has 0 aromatic heterocycles. The van der Waals surface area contributed by atoms with Gasteiger partial charge in [0.25, 0.3) is 0 Å². The molecule has 0 aliphatic carbocycles. The summed E-state index contributed by atoms with van der Waals surface area (Å²) in [6.07, 6.45) is 0.472. The molecule has 0 bridgehead atoms. The van der Waals surface area contributed by atoms with Gasteiger partial charge in [-0.1, -0.05) is 12.1 Å². The molecule has 0 saturated carbocycles. The van der Waals surface area contributed by atoms with E-state index in [1.807, 2.05) is 19.2 Å². The van der Waals surface area contributed by atoms with E-state index in [9.17, 15) is 14.6 Å². The Morgan fingerprint density at radius 1 is 1.17 bits per heavy atom. The van der Waals surface area contributed by atoms with E-state index in [1.54, 1.807) is 0 Å². The van der Waals surface area contributed by atoms with Crippen LogP contribution in [0.1, 0.15) is 18.4 Å². The van der Waals surface area contributed by atoms with Crippen LogP contribution in [0.5, 0.6) is 0 Å². The van der Waals surface area contributed by atoms with E-state index in [1.165, 1.54) is 12.1 Å². The highest BCUT2D eigenvalue weighted by atomic mass is 19.1. The van der Waals surface area contributed by atoms with Gasteiger partial charge >= 0.3 is 0 Å². The number of aliphatic hydroxyl groups is 2. The average molecular weight is 338 g/mol. The van der Waals surface area contributed by atoms with Gasteiger partial charge in [-0.05, 0) is 50.7 Å². The number of hydrogen-bond acceptors (Lipinski definition) is 5. The van der Waals surface area contributed by atoms with E-state index in [0.29, 0.717) is 12.6 Å². The lowest BCUT2D eigenvalue weighted by atomic mass is 9.97. The molecule has 0 spiro atoms. The number of halogens is 1. The summed E-state index contributed by atoms with van der Waals surface area (Å²) in [6, 6.07) is 6.91. The number of likely N-dealkylation sites (tertiary alicyclic amines) is 1. The molecule has 2 heterocycles. The zero-order chi connectivity index (χ0) is 17.1. The van der Waals surface area contributed by atoms with Crippen molar-refractivity contribution < 1.29 is 19.3 Å². The lowest BCUT2D eigenvalue weighted by molar-refractivity contribution is -0.137. The molecule has 2 saturated heterocycles. The van der Waals surface area contributed by atoms with Crippen molar-refractivity contribution in [3.8, 4) is 0 Å². The maximum atomic E-state index is 13.0. The lowest BCUT2D eigenvalue weighted by Crippen LogP contribution is -2.58. The number of aliphatic hydroxyl groups excluding tert-OH is 2. The summed E-state index contributed by atoms with van der Waals surface area (Å²) in [5.41, 5.74) is 1.13. The first kappa shape index (κ1) is 17.8. The molecule has 2 aliphatic rings. The Labute approximate surface area is 142 Å².